The van der Waals surface area contributed by atoms with Gasteiger partial charge in [0.25, 0.3) is 0 Å². The number of benzene rings is 3. The van der Waals surface area contributed by atoms with Crippen molar-refractivity contribution in [2.24, 2.45) is 0 Å². The molecule has 0 aliphatic heterocycles. The van der Waals surface area contributed by atoms with E-state index in [1.54, 1.807) is 0 Å². The van der Waals surface area contributed by atoms with Crippen molar-refractivity contribution in [1.29, 1.82) is 0 Å². The summed E-state index contributed by atoms with van der Waals surface area (Å²) in [6.07, 6.45) is -1.80. The SMILES string of the molecule is Cc1c(C(=O)Cc2ccc(S(C)(=O)=O)cc2)cn(CCOC(=O)C(=O)Cc2ccc(S(C)(=O)=O)cc2)c1-c1ccccc1C(F)(F)F. The summed E-state index contributed by atoms with van der Waals surface area (Å²) in [6.45, 7) is 0.901. The Morgan fingerprint density at radius 1 is 0.766 bits per heavy atom. The molecule has 47 heavy (non-hydrogen) atoms. The minimum Gasteiger partial charge on any atom is -0.458 e. The molecule has 0 spiro atoms. The van der Waals surface area contributed by atoms with Gasteiger partial charge in [0.05, 0.1) is 27.6 Å². The molecule has 4 aromatic rings. The van der Waals surface area contributed by atoms with Crippen LogP contribution in [0.3, 0.4) is 0 Å². The number of halogens is 3. The second-order valence-electron chi connectivity index (χ2n) is 10.9. The maximum absolute atomic E-state index is 14.0. The zero-order chi connectivity index (χ0) is 34.7. The second kappa shape index (κ2) is 13.7. The average molecular weight is 690 g/mol. The lowest BCUT2D eigenvalue weighted by atomic mass is 9.97. The molecule has 0 aliphatic rings. The topological polar surface area (TPSA) is 134 Å². The third-order valence-corrected chi connectivity index (χ3v) is 9.60. The molecule has 0 amide bonds. The fourth-order valence-corrected chi connectivity index (χ4v) is 6.24. The maximum atomic E-state index is 14.0. The van der Waals surface area contributed by atoms with Gasteiger partial charge in [-0.15, -0.1) is 0 Å². The molecular formula is C33H30F3NO8S2. The second-order valence-corrected chi connectivity index (χ2v) is 15.0. The molecule has 0 saturated heterocycles. The Kier molecular flexibility index (Phi) is 10.3. The van der Waals surface area contributed by atoms with E-state index in [4.69, 9.17) is 4.74 Å². The van der Waals surface area contributed by atoms with Crippen molar-refractivity contribution in [3.05, 3.63) is 107 Å². The van der Waals surface area contributed by atoms with Crippen LogP contribution in [0.4, 0.5) is 13.2 Å². The number of rotatable bonds is 12. The van der Waals surface area contributed by atoms with Crippen LogP contribution in [0.5, 0.6) is 0 Å². The summed E-state index contributed by atoms with van der Waals surface area (Å²) in [5.74, 6) is -2.54. The molecule has 0 saturated carbocycles. The summed E-state index contributed by atoms with van der Waals surface area (Å²) < 4.78 is 95.4. The number of hydrogen-bond acceptors (Lipinski definition) is 8. The molecule has 0 radical (unpaired) electrons. The van der Waals surface area contributed by atoms with Crippen molar-refractivity contribution in [3.8, 4) is 11.3 Å². The van der Waals surface area contributed by atoms with Crippen LogP contribution in [0.1, 0.15) is 32.6 Å². The van der Waals surface area contributed by atoms with E-state index in [1.807, 2.05) is 0 Å². The molecule has 1 heterocycles. The zero-order valence-electron chi connectivity index (χ0n) is 25.5. The summed E-state index contributed by atoms with van der Waals surface area (Å²) in [5.41, 5.74) is 0.164. The lowest BCUT2D eigenvalue weighted by molar-refractivity contribution is -0.153. The van der Waals surface area contributed by atoms with Crippen molar-refractivity contribution >= 4 is 37.2 Å². The highest BCUT2D eigenvalue weighted by Crippen LogP contribution is 2.39. The Labute approximate surface area is 269 Å². The van der Waals surface area contributed by atoms with Crippen LogP contribution < -0.4 is 0 Å². The summed E-state index contributed by atoms with van der Waals surface area (Å²) >= 11 is 0. The van der Waals surface area contributed by atoms with Crippen LogP contribution >= 0.6 is 0 Å². The van der Waals surface area contributed by atoms with Gasteiger partial charge in [0.1, 0.15) is 6.61 Å². The normalized spacial score (nSPS) is 12.1. The smallest absolute Gasteiger partial charge is 0.417 e. The molecule has 9 nitrogen and oxygen atoms in total. The van der Waals surface area contributed by atoms with E-state index in [0.717, 1.165) is 18.6 Å². The largest absolute Gasteiger partial charge is 0.458 e. The predicted octanol–water partition coefficient (Wildman–Crippen LogP) is 5.07. The molecular weight excluding hydrogens is 659 g/mol. The van der Waals surface area contributed by atoms with Gasteiger partial charge < -0.3 is 9.30 Å². The molecule has 0 N–H and O–H groups in total. The number of sulfone groups is 2. The number of aromatic nitrogens is 1. The molecule has 0 fully saturated rings. The first-order valence-electron chi connectivity index (χ1n) is 14.0. The van der Waals surface area contributed by atoms with E-state index >= 15 is 0 Å². The van der Waals surface area contributed by atoms with E-state index in [-0.39, 0.29) is 51.6 Å². The Morgan fingerprint density at radius 2 is 1.28 bits per heavy atom. The highest BCUT2D eigenvalue weighted by Gasteiger charge is 2.35. The third-order valence-electron chi connectivity index (χ3n) is 7.34. The van der Waals surface area contributed by atoms with Crippen molar-refractivity contribution in [2.45, 2.75) is 42.3 Å². The van der Waals surface area contributed by atoms with Gasteiger partial charge in [0, 0.05) is 42.7 Å². The Bertz CT molecular complexity index is 2050. The minimum atomic E-state index is -4.72. The lowest BCUT2D eigenvalue weighted by Gasteiger charge is -2.16. The molecule has 0 aliphatic carbocycles. The average Bonchev–Trinajstić information content (AvgIpc) is 3.31. The number of carbonyl (C=O) groups excluding carboxylic acids is 3. The van der Waals surface area contributed by atoms with E-state index in [0.29, 0.717) is 11.1 Å². The summed E-state index contributed by atoms with van der Waals surface area (Å²) in [7, 11) is -6.91. The van der Waals surface area contributed by atoms with Gasteiger partial charge in [-0.05, 0) is 53.9 Å². The van der Waals surface area contributed by atoms with E-state index < -0.39 is 55.6 Å². The summed E-state index contributed by atoms with van der Waals surface area (Å²) in [6, 6.07) is 15.9. The van der Waals surface area contributed by atoms with E-state index in [9.17, 15) is 44.4 Å². The first kappa shape index (κ1) is 35.3. The number of alkyl halides is 3. The van der Waals surface area contributed by atoms with Crippen LogP contribution in [0, 0.1) is 6.92 Å². The monoisotopic (exact) mass is 689 g/mol. The van der Waals surface area contributed by atoms with Crippen LogP contribution in [0.2, 0.25) is 0 Å². The number of ketones is 2. The number of ether oxygens (including phenoxy) is 1. The summed E-state index contributed by atoms with van der Waals surface area (Å²) in [4.78, 5) is 38.4. The van der Waals surface area contributed by atoms with E-state index in [1.165, 1.54) is 84.4 Å². The van der Waals surface area contributed by atoms with Crippen LogP contribution in [-0.4, -0.2) is 58.1 Å². The van der Waals surface area contributed by atoms with Crippen LogP contribution in [0.15, 0.2) is 88.8 Å². The van der Waals surface area contributed by atoms with Gasteiger partial charge in [-0.2, -0.15) is 13.2 Å². The van der Waals surface area contributed by atoms with Crippen molar-refractivity contribution < 1.29 is 49.1 Å². The number of carbonyl (C=O) groups is 3. The standard InChI is InChI=1S/C33H30F3NO8S2/c1-21-27(29(38)18-22-8-12-24(13-9-22)46(2,41)42)20-37(31(21)26-6-4-5-7-28(26)33(34,35)36)16-17-45-32(40)30(39)19-23-10-14-25(15-11-23)47(3,43)44/h4-15,20H,16-19H2,1-3H3. The fourth-order valence-electron chi connectivity index (χ4n) is 4.98. The molecule has 4 rings (SSSR count). The zero-order valence-corrected chi connectivity index (χ0v) is 27.1. The number of Topliss-reactive ketones (excluding diaryl/α,β-unsaturated/α-hetero) is 2. The highest BCUT2D eigenvalue weighted by atomic mass is 32.2. The number of nitrogens with zero attached hydrogens (tertiary/aromatic N) is 1. The maximum Gasteiger partial charge on any atom is 0.417 e. The fraction of sp³-hybridized carbons (Fsp3) is 0.242. The quantitative estimate of drug-likeness (QED) is 0.114. The first-order valence-corrected chi connectivity index (χ1v) is 17.8. The van der Waals surface area contributed by atoms with Gasteiger partial charge >= 0.3 is 12.1 Å². The molecule has 3 aromatic carbocycles. The minimum absolute atomic E-state index is 0.0453. The first-order chi connectivity index (χ1) is 21.9. The van der Waals surface area contributed by atoms with Crippen LogP contribution in [0.25, 0.3) is 11.3 Å². The molecule has 1 aromatic heterocycles. The van der Waals surface area contributed by atoms with Gasteiger partial charge in [0.15, 0.2) is 25.5 Å². The highest BCUT2D eigenvalue weighted by molar-refractivity contribution is 7.91. The Morgan fingerprint density at radius 3 is 1.79 bits per heavy atom. The van der Waals surface area contributed by atoms with Gasteiger partial charge in [-0.1, -0.05) is 42.5 Å². The Hall–Kier alpha value is -4.56. The van der Waals surface area contributed by atoms with Crippen molar-refractivity contribution in [3.63, 3.8) is 0 Å². The molecule has 14 heteroatoms. The van der Waals surface area contributed by atoms with Gasteiger partial charge in [0.2, 0.25) is 5.78 Å². The van der Waals surface area contributed by atoms with Crippen LogP contribution in [-0.2, 0) is 59.6 Å². The third kappa shape index (κ3) is 8.63. The van der Waals surface area contributed by atoms with E-state index in [2.05, 4.69) is 0 Å². The van der Waals surface area contributed by atoms with Crippen molar-refractivity contribution in [1.82, 2.24) is 4.57 Å². The summed E-state index contributed by atoms with van der Waals surface area (Å²) in [5, 5.41) is 0. The number of esters is 1. The molecule has 0 unspecified atom stereocenters. The van der Waals surface area contributed by atoms with Gasteiger partial charge in [-0.25, -0.2) is 21.6 Å². The lowest BCUT2D eigenvalue weighted by Crippen LogP contribution is -2.21. The Balaban J connectivity index is 1.57. The molecule has 0 bridgehead atoms. The van der Waals surface area contributed by atoms with Gasteiger partial charge in [-0.3, -0.25) is 9.59 Å². The molecule has 248 valence electrons. The molecule has 0 atom stereocenters. The number of hydrogen-bond donors (Lipinski definition) is 0. The van der Waals surface area contributed by atoms with Crippen molar-refractivity contribution in [2.75, 3.05) is 19.1 Å². The predicted molar refractivity (Wildman–Crippen MR) is 166 cm³/mol.